The lowest BCUT2D eigenvalue weighted by atomic mass is 10.1. The molecule has 0 spiro atoms. The summed E-state index contributed by atoms with van der Waals surface area (Å²) in [5, 5.41) is 0. The molecule has 1 atom stereocenters. The van der Waals surface area contributed by atoms with E-state index < -0.39 is 0 Å². The van der Waals surface area contributed by atoms with Gasteiger partial charge in [0.25, 0.3) is 0 Å². The van der Waals surface area contributed by atoms with Crippen LogP contribution < -0.4 is 15.5 Å². The van der Waals surface area contributed by atoms with Crippen molar-refractivity contribution in [1.29, 1.82) is 0 Å². The fourth-order valence-electron chi connectivity index (χ4n) is 2.21. The zero-order valence-corrected chi connectivity index (χ0v) is 12.3. The van der Waals surface area contributed by atoms with Gasteiger partial charge in [0.2, 0.25) is 17.8 Å². The largest absolute Gasteiger partial charge is 0.368 e. The molecule has 1 unspecified atom stereocenters. The maximum Gasteiger partial charge on any atom is 0.231 e. The normalized spacial score (nSPS) is 17.0. The Morgan fingerprint density at radius 3 is 2.32 bits per heavy atom. The SMILES string of the molecule is CC(C)C(C)N(C)c1nc(N)nc(N2CCCC2)n1. The highest BCUT2D eigenvalue weighted by atomic mass is 15.4. The molecule has 19 heavy (non-hydrogen) atoms. The average molecular weight is 264 g/mol. The third-order valence-electron chi connectivity index (χ3n) is 3.91. The molecule has 0 bridgehead atoms. The molecule has 1 fully saturated rings. The summed E-state index contributed by atoms with van der Waals surface area (Å²) in [5.41, 5.74) is 5.83. The van der Waals surface area contributed by atoms with E-state index in [1.165, 1.54) is 12.8 Å². The van der Waals surface area contributed by atoms with Crippen LogP contribution in [0.15, 0.2) is 0 Å². The topological polar surface area (TPSA) is 71.2 Å². The van der Waals surface area contributed by atoms with E-state index >= 15 is 0 Å². The molecule has 6 nitrogen and oxygen atoms in total. The van der Waals surface area contributed by atoms with E-state index in [0.717, 1.165) is 13.1 Å². The van der Waals surface area contributed by atoms with E-state index in [1.54, 1.807) is 0 Å². The van der Waals surface area contributed by atoms with Crippen LogP contribution in [0.2, 0.25) is 0 Å². The molecule has 0 aromatic carbocycles. The highest BCUT2D eigenvalue weighted by molar-refractivity contribution is 5.44. The average Bonchev–Trinajstić information content (AvgIpc) is 2.90. The van der Waals surface area contributed by atoms with Crippen molar-refractivity contribution in [2.24, 2.45) is 5.92 Å². The molecule has 1 aromatic heterocycles. The first-order chi connectivity index (χ1) is 8.99. The minimum Gasteiger partial charge on any atom is -0.368 e. The summed E-state index contributed by atoms with van der Waals surface area (Å²) in [6, 6.07) is 0.355. The Bertz CT molecular complexity index is 427. The van der Waals surface area contributed by atoms with Gasteiger partial charge in [-0.1, -0.05) is 13.8 Å². The summed E-state index contributed by atoms with van der Waals surface area (Å²) in [6.07, 6.45) is 2.39. The van der Waals surface area contributed by atoms with Gasteiger partial charge in [-0.05, 0) is 25.7 Å². The van der Waals surface area contributed by atoms with E-state index in [1.807, 2.05) is 7.05 Å². The Morgan fingerprint density at radius 1 is 1.11 bits per heavy atom. The maximum absolute atomic E-state index is 5.83. The van der Waals surface area contributed by atoms with Crippen molar-refractivity contribution in [3.63, 3.8) is 0 Å². The molecule has 0 aliphatic carbocycles. The monoisotopic (exact) mass is 264 g/mol. The zero-order chi connectivity index (χ0) is 14.0. The number of nitrogens with two attached hydrogens (primary N) is 1. The predicted molar refractivity (Wildman–Crippen MR) is 78.4 cm³/mol. The molecule has 2 heterocycles. The number of nitrogens with zero attached hydrogens (tertiary/aromatic N) is 5. The number of nitrogen functional groups attached to an aromatic ring is 1. The molecule has 2 N–H and O–H groups in total. The van der Waals surface area contributed by atoms with Crippen molar-refractivity contribution in [3.05, 3.63) is 0 Å². The van der Waals surface area contributed by atoms with Gasteiger partial charge < -0.3 is 15.5 Å². The van der Waals surface area contributed by atoms with Gasteiger partial charge in [-0.25, -0.2) is 0 Å². The minimum absolute atomic E-state index is 0.301. The van der Waals surface area contributed by atoms with Gasteiger partial charge in [0, 0.05) is 26.2 Å². The van der Waals surface area contributed by atoms with Crippen LogP contribution in [0.1, 0.15) is 33.6 Å². The van der Waals surface area contributed by atoms with Crippen molar-refractivity contribution in [2.45, 2.75) is 39.7 Å². The lowest BCUT2D eigenvalue weighted by molar-refractivity contribution is 0.499. The quantitative estimate of drug-likeness (QED) is 0.889. The number of anilines is 3. The molecule has 0 amide bonds. The third kappa shape index (κ3) is 3.05. The first-order valence-electron chi connectivity index (χ1n) is 6.98. The standard InChI is InChI=1S/C13H24N6/c1-9(2)10(3)18(4)12-15-11(14)16-13(17-12)19-7-5-6-8-19/h9-10H,5-8H2,1-4H3,(H2,14,15,16,17). The summed E-state index contributed by atoms with van der Waals surface area (Å²) < 4.78 is 0. The molecule has 0 radical (unpaired) electrons. The van der Waals surface area contributed by atoms with Gasteiger partial charge >= 0.3 is 0 Å². The highest BCUT2D eigenvalue weighted by Crippen LogP contribution is 2.21. The summed E-state index contributed by atoms with van der Waals surface area (Å²) in [4.78, 5) is 17.3. The summed E-state index contributed by atoms with van der Waals surface area (Å²) >= 11 is 0. The zero-order valence-electron chi connectivity index (χ0n) is 12.3. The second-order valence-corrected chi connectivity index (χ2v) is 5.58. The van der Waals surface area contributed by atoms with Crippen LogP contribution >= 0.6 is 0 Å². The summed E-state index contributed by atoms with van der Waals surface area (Å²) in [6.45, 7) is 8.55. The Balaban J connectivity index is 2.25. The smallest absolute Gasteiger partial charge is 0.231 e. The maximum atomic E-state index is 5.83. The van der Waals surface area contributed by atoms with E-state index in [0.29, 0.717) is 29.8 Å². The van der Waals surface area contributed by atoms with Crippen LogP contribution in [0.5, 0.6) is 0 Å². The van der Waals surface area contributed by atoms with Crippen molar-refractivity contribution in [2.75, 3.05) is 35.7 Å². The van der Waals surface area contributed by atoms with Crippen LogP contribution in [0, 0.1) is 5.92 Å². The van der Waals surface area contributed by atoms with E-state index in [4.69, 9.17) is 5.73 Å². The van der Waals surface area contributed by atoms with E-state index in [-0.39, 0.29) is 0 Å². The van der Waals surface area contributed by atoms with Crippen LogP contribution in [-0.4, -0.2) is 41.1 Å². The molecule has 0 saturated carbocycles. The number of rotatable bonds is 4. The molecule has 106 valence electrons. The highest BCUT2D eigenvalue weighted by Gasteiger charge is 2.20. The fourth-order valence-corrected chi connectivity index (χ4v) is 2.21. The van der Waals surface area contributed by atoms with Crippen LogP contribution in [-0.2, 0) is 0 Å². The first-order valence-corrected chi connectivity index (χ1v) is 6.98. The van der Waals surface area contributed by atoms with Gasteiger partial charge in [0.15, 0.2) is 0 Å². The Morgan fingerprint density at radius 2 is 1.74 bits per heavy atom. The molecular formula is C13H24N6. The Hall–Kier alpha value is -1.59. The second-order valence-electron chi connectivity index (χ2n) is 5.58. The second kappa shape index (κ2) is 5.59. The number of aromatic nitrogens is 3. The first kappa shape index (κ1) is 13.8. The van der Waals surface area contributed by atoms with Crippen molar-refractivity contribution >= 4 is 17.8 Å². The molecular weight excluding hydrogens is 240 g/mol. The van der Waals surface area contributed by atoms with Gasteiger partial charge in [0.1, 0.15) is 0 Å². The van der Waals surface area contributed by atoms with Crippen LogP contribution in [0.4, 0.5) is 17.8 Å². The lowest BCUT2D eigenvalue weighted by Gasteiger charge is -2.28. The summed E-state index contributed by atoms with van der Waals surface area (Å²) in [5.74, 6) is 2.20. The fraction of sp³-hybridized carbons (Fsp3) is 0.769. The minimum atomic E-state index is 0.301. The Labute approximate surface area is 115 Å². The van der Waals surface area contributed by atoms with Gasteiger partial charge in [-0.15, -0.1) is 0 Å². The van der Waals surface area contributed by atoms with Crippen LogP contribution in [0.25, 0.3) is 0 Å². The molecule has 1 aromatic rings. The molecule has 1 saturated heterocycles. The van der Waals surface area contributed by atoms with Gasteiger partial charge in [-0.2, -0.15) is 15.0 Å². The molecule has 1 aliphatic rings. The molecule has 1 aliphatic heterocycles. The van der Waals surface area contributed by atoms with Gasteiger partial charge in [-0.3, -0.25) is 0 Å². The van der Waals surface area contributed by atoms with Gasteiger partial charge in [0.05, 0.1) is 0 Å². The van der Waals surface area contributed by atoms with Crippen molar-refractivity contribution < 1.29 is 0 Å². The Kier molecular flexibility index (Phi) is 4.07. The number of hydrogen-bond donors (Lipinski definition) is 1. The summed E-state index contributed by atoms with van der Waals surface area (Å²) in [7, 11) is 2.01. The van der Waals surface area contributed by atoms with E-state index in [9.17, 15) is 0 Å². The van der Waals surface area contributed by atoms with Crippen LogP contribution in [0.3, 0.4) is 0 Å². The van der Waals surface area contributed by atoms with E-state index in [2.05, 4.69) is 45.5 Å². The lowest BCUT2D eigenvalue weighted by Crippen LogP contribution is -2.35. The molecule has 6 heteroatoms. The van der Waals surface area contributed by atoms with Crippen molar-refractivity contribution in [3.8, 4) is 0 Å². The third-order valence-corrected chi connectivity index (χ3v) is 3.91. The predicted octanol–water partition coefficient (Wildman–Crippen LogP) is 1.53. The molecule has 2 rings (SSSR count). The van der Waals surface area contributed by atoms with Crippen molar-refractivity contribution in [1.82, 2.24) is 15.0 Å². The number of hydrogen-bond acceptors (Lipinski definition) is 6.